The molecule has 1 N–H and O–H groups in total. The van der Waals surface area contributed by atoms with E-state index >= 15 is 0 Å². The average Bonchev–Trinajstić information content (AvgIpc) is 3.29. The van der Waals surface area contributed by atoms with Crippen LogP contribution >= 0.6 is 23.2 Å². The number of hydrogen-bond donors (Lipinski definition) is 1. The molecule has 0 atom stereocenters. The van der Waals surface area contributed by atoms with E-state index < -0.39 is 26.6 Å². The molecule has 12 heteroatoms. The highest BCUT2D eigenvalue weighted by molar-refractivity contribution is 7.89. The highest BCUT2D eigenvalue weighted by Gasteiger charge is 2.31. The molecule has 0 aliphatic carbocycles. The number of ether oxygens (including phenoxy) is 1. The van der Waals surface area contributed by atoms with Crippen LogP contribution in [0.2, 0.25) is 0 Å². The summed E-state index contributed by atoms with van der Waals surface area (Å²) in [7, 11) is -3.99. The maximum atomic E-state index is 14.9. The zero-order chi connectivity index (χ0) is 23.6. The van der Waals surface area contributed by atoms with Gasteiger partial charge in [-0.25, -0.2) is 12.8 Å². The molecule has 1 amide bonds. The van der Waals surface area contributed by atoms with Crippen LogP contribution in [0.3, 0.4) is 0 Å². The quantitative estimate of drug-likeness (QED) is 0.501. The molecule has 1 fully saturated rings. The molecule has 2 heterocycles. The maximum absolute atomic E-state index is 14.9. The van der Waals surface area contributed by atoms with Crippen LogP contribution in [0, 0.1) is 5.82 Å². The Bertz CT molecular complexity index is 1280. The van der Waals surface area contributed by atoms with Crippen molar-refractivity contribution in [2.75, 3.05) is 31.6 Å². The highest BCUT2D eigenvalue weighted by Crippen LogP contribution is 2.34. The Kier molecular flexibility index (Phi) is 7.01. The van der Waals surface area contributed by atoms with Crippen molar-refractivity contribution < 1.29 is 26.9 Å². The van der Waals surface area contributed by atoms with Gasteiger partial charge in [0.1, 0.15) is 11.5 Å². The first-order valence-corrected chi connectivity index (χ1v) is 12.1. The summed E-state index contributed by atoms with van der Waals surface area (Å²) in [5.74, 6) is -1.11. The predicted octanol–water partition coefficient (Wildman–Crippen LogP) is 3.91. The Labute approximate surface area is 199 Å². The van der Waals surface area contributed by atoms with Gasteiger partial charge in [-0.05, 0) is 24.3 Å². The molecule has 1 aliphatic rings. The largest absolute Gasteiger partial charge is 0.379 e. The first kappa shape index (κ1) is 23.7. The summed E-state index contributed by atoms with van der Waals surface area (Å²) in [5.41, 5.74) is 0.755. The van der Waals surface area contributed by atoms with Gasteiger partial charge < -0.3 is 14.6 Å². The van der Waals surface area contributed by atoms with Crippen LogP contribution in [-0.2, 0) is 19.6 Å². The summed E-state index contributed by atoms with van der Waals surface area (Å²) in [6.07, 6.45) is 0. The SMILES string of the molecule is O=C(Nc1cccc(-c2cc(-c3c(F)cccc3S(=O)(=O)N3CCOCC3)no2)c1)C(Cl)Cl. The van der Waals surface area contributed by atoms with Gasteiger partial charge in [0, 0.05) is 30.4 Å². The summed E-state index contributed by atoms with van der Waals surface area (Å²) in [6, 6.07) is 11.8. The molecule has 3 aromatic rings. The molecule has 0 spiro atoms. The number of nitrogens with one attached hydrogen (secondary N) is 1. The summed E-state index contributed by atoms with van der Waals surface area (Å²) in [4.78, 5) is 10.3. The van der Waals surface area contributed by atoms with E-state index in [2.05, 4.69) is 10.5 Å². The number of rotatable bonds is 6. The number of aromatic nitrogens is 1. The second-order valence-corrected chi connectivity index (χ2v) is 10.1. The van der Waals surface area contributed by atoms with Gasteiger partial charge in [-0.2, -0.15) is 4.31 Å². The number of alkyl halides is 2. The van der Waals surface area contributed by atoms with Gasteiger partial charge in [-0.15, -0.1) is 0 Å². The number of morpholine rings is 1. The average molecular weight is 514 g/mol. The van der Waals surface area contributed by atoms with Crippen LogP contribution < -0.4 is 5.32 Å². The number of amides is 1. The summed E-state index contributed by atoms with van der Waals surface area (Å²) >= 11 is 11.1. The molecule has 0 bridgehead atoms. The third kappa shape index (κ3) is 5.04. The number of anilines is 1. The molecular weight excluding hydrogens is 496 g/mol. The fraction of sp³-hybridized carbons (Fsp3) is 0.238. The molecule has 0 unspecified atom stereocenters. The van der Waals surface area contributed by atoms with Crippen LogP contribution in [0.4, 0.5) is 10.1 Å². The van der Waals surface area contributed by atoms with Gasteiger partial charge in [0.15, 0.2) is 10.6 Å². The van der Waals surface area contributed by atoms with E-state index in [0.29, 0.717) is 11.3 Å². The zero-order valence-electron chi connectivity index (χ0n) is 17.0. The Morgan fingerprint density at radius 2 is 1.85 bits per heavy atom. The standard InChI is InChI=1S/C21H18Cl2FN3O5S/c22-20(23)21(28)25-14-4-1-3-13(11-14)17-12-16(26-32-17)19-15(24)5-2-6-18(19)33(29,30)27-7-9-31-10-8-27/h1-6,11-12,20H,7-10H2,(H,25,28). The third-order valence-electron chi connectivity index (χ3n) is 4.94. The topological polar surface area (TPSA) is 102 Å². The van der Waals surface area contributed by atoms with Gasteiger partial charge in [0.25, 0.3) is 5.91 Å². The van der Waals surface area contributed by atoms with E-state index in [1.165, 1.54) is 22.5 Å². The minimum absolute atomic E-state index is 0.0194. The van der Waals surface area contributed by atoms with Gasteiger partial charge in [0.2, 0.25) is 10.0 Å². The fourth-order valence-electron chi connectivity index (χ4n) is 3.37. The number of benzene rings is 2. The van der Waals surface area contributed by atoms with E-state index in [9.17, 15) is 17.6 Å². The monoisotopic (exact) mass is 513 g/mol. The zero-order valence-corrected chi connectivity index (χ0v) is 19.3. The van der Waals surface area contributed by atoms with Crippen molar-refractivity contribution in [3.05, 3.63) is 54.3 Å². The summed E-state index contributed by atoms with van der Waals surface area (Å²) in [6.45, 7) is 0.872. The lowest BCUT2D eigenvalue weighted by Gasteiger charge is -2.26. The first-order valence-electron chi connectivity index (χ1n) is 9.80. The van der Waals surface area contributed by atoms with Gasteiger partial charge in [0.05, 0.1) is 23.7 Å². The van der Waals surface area contributed by atoms with Gasteiger partial charge in [-0.1, -0.05) is 46.6 Å². The molecule has 1 aromatic heterocycles. The fourth-order valence-corrected chi connectivity index (χ4v) is 5.10. The van der Waals surface area contributed by atoms with E-state index in [4.69, 9.17) is 32.5 Å². The molecule has 0 saturated carbocycles. The predicted molar refractivity (Wildman–Crippen MR) is 121 cm³/mol. The molecule has 1 aliphatic heterocycles. The lowest BCUT2D eigenvalue weighted by atomic mass is 10.1. The first-order chi connectivity index (χ1) is 15.8. The molecular formula is C21H18Cl2FN3O5S. The highest BCUT2D eigenvalue weighted by atomic mass is 35.5. The van der Waals surface area contributed by atoms with Crippen molar-refractivity contribution in [2.24, 2.45) is 0 Å². The van der Waals surface area contributed by atoms with Crippen LogP contribution in [-0.4, -0.2) is 54.9 Å². The molecule has 174 valence electrons. The smallest absolute Gasteiger partial charge is 0.257 e. The van der Waals surface area contributed by atoms with Gasteiger partial charge >= 0.3 is 0 Å². The molecule has 8 nitrogen and oxygen atoms in total. The molecule has 0 radical (unpaired) electrons. The minimum atomic E-state index is -3.99. The van der Waals surface area contributed by atoms with Crippen molar-refractivity contribution in [3.8, 4) is 22.6 Å². The van der Waals surface area contributed by atoms with Crippen LogP contribution in [0.5, 0.6) is 0 Å². The van der Waals surface area contributed by atoms with Crippen molar-refractivity contribution in [1.82, 2.24) is 9.46 Å². The van der Waals surface area contributed by atoms with Gasteiger partial charge in [-0.3, -0.25) is 4.79 Å². The number of sulfonamides is 1. The molecule has 2 aromatic carbocycles. The van der Waals surface area contributed by atoms with Crippen LogP contribution in [0.15, 0.2) is 57.9 Å². The van der Waals surface area contributed by atoms with Crippen LogP contribution in [0.25, 0.3) is 22.6 Å². The van der Waals surface area contributed by atoms with Crippen molar-refractivity contribution in [3.63, 3.8) is 0 Å². The molecule has 1 saturated heterocycles. The van der Waals surface area contributed by atoms with E-state index in [0.717, 1.165) is 6.07 Å². The summed E-state index contributed by atoms with van der Waals surface area (Å²) in [5, 5.41) is 6.45. The Balaban J connectivity index is 1.70. The number of nitrogens with zero attached hydrogens (tertiary/aromatic N) is 2. The Hall–Kier alpha value is -2.50. The normalized spacial score (nSPS) is 15.0. The van der Waals surface area contributed by atoms with E-state index in [1.807, 2.05) is 0 Å². The van der Waals surface area contributed by atoms with E-state index in [-0.39, 0.29) is 48.2 Å². The second-order valence-electron chi connectivity index (χ2n) is 7.08. The maximum Gasteiger partial charge on any atom is 0.257 e. The second kappa shape index (κ2) is 9.78. The lowest BCUT2D eigenvalue weighted by Crippen LogP contribution is -2.40. The Morgan fingerprint density at radius 3 is 2.58 bits per heavy atom. The number of carbonyl (C=O) groups excluding carboxylic acids is 1. The number of carbonyl (C=O) groups is 1. The Morgan fingerprint density at radius 1 is 1.12 bits per heavy atom. The lowest BCUT2D eigenvalue weighted by molar-refractivity contribution is -0.114. The molecule has 4 rings (SSSR count). The van der Waals surface area contributed by atoms with Crippen molar-refractivity contribution in [2.45, 2.75) is 9.73 Å². The number of hydrogen-bond acceptors (Lipinski definition) is 6. The van der Waals surface area contributed by atoms with Crippen molar-refractivity contribution >= 4 is 44.8 Å². The molecule has 33 heavy (non-hydrogen) atoms. The van der Waals surface area contributed by atoms with Crippen molar-refractivity contribution in [1.29, 1.82) is 0 Å². The third-order valence-corrected chi connectivity index (χ3v) is 7.28. The van der Waals surface area contributed by atoms with E-state index in [1.54, 1.807) is 24.3 Å². The summed E-state index contributed by atoms with van der Waals surface area (Å²) < 4.78 is 53.1. The number of halogens is 3. The van der Waals surface area contributed by atoms with Crippen LogP contribution in [0.1, 0.15) is 0 Å². The minimum Gasteiger partial charge on any atom is -0.379 e.